The van der Waals surface area contributed by atoms with E-state index in [2.05, 4.69) is 148 Å². The van der Waals surface area contributed by atoms with Gasteiger partial charge < -0.3 is 5.11 Å². The summed E-state index contributed by atoms with van der Waals surface area (Å²) in [7, 11) is 0. The molecule has 0 radical (unpaired) electrons. The summed E-state index contributed by atoms with van der Waals surface area (Å²) in [6.45, 7) is 6.84. The number of fused-ring (bicyclic) bond motifs is 4. The smallest absolute Gasteiger partial charge is 0.149 e. The summed E-state index contributed by atoms with van der Waals surface area (Å²) >= 11 is 0. The summed E-state index contributed by atoms with van der Waals surface area (Å²) < 4.78 is 27.0. The van der Waals surface area contributed by atoms with E-state index in [9.17, 15) is 5.11 Å². The van der Waals surface area contributed by atoms with E-state index < -0.39 is 6.85 Å². The maximum absolute atomic E-state index is 11.5. The Kier molecular flexibility index (Phi) is 8.72. The lowest BCUT2D eigenvalue weighted by Gasteiger charge is -2.26. The molecule has 10 aromatic rings. The van der Waals surface area contributed by atoms with E-state index in [1.165, 1.54) is 27.8 Å². The number of aromatic nitrogens is 3. The molecule has 0 bridgehead atoms. The van der Waals surface area contributed by atoms with Gasteiger partial charge in [-0.3, -0.25) is 9.55 Å². The van der Waals surface area contributed by atoms with E-state index >= 15 is 0 Å². The second kappa shape index (κ2) is 15.5. The maximum atomic E-state index is 11.5. The molecule has 0 saturated heterocycles. The lowest BCUT2D eigenvalue weighted by atomic mass is 9.77. The third-order valence-corrected chi connectivity index (χ3v) is 13.6. The molecule has 314 valence electrons. The second-order valence-electron chi connectivity index (χ2n) is 18.2. The van der Waals surface area contributed by atoms with Gasteiger partial charge in [0.2, 0.25) is 0 Å². The molecule has 0 atom stereocenters. The number of imidazole rings is 1. The molecule has 0 aliphatic heterocycles. The van der Waals surface area contributed by atoms with Crippen molar-refractivity contribution in [3.8, 4) is 78.6 Å². The van der Waals surface area contributed by atoms with Gasteiger partial charge in [-0.1, -0.05) is 173 Å². The molecule has 1 N–H and O–H groups in total. The van der Waals surface area contributed by atoms with Crippen LogP contribution in [0.2, 0.25) is 0 Å². The van der Waals surface area contributed by atoms with Crippen LogP contribution in [-0.4, -0.2) is 19.6 Å². The molecule has 2 heterocycles. The van der Waals surface area contributed by atoms with Gasteiger partial charge in [-0.25, -0.2) is 4.98 Å². The Labute approximate surface area is 385 Å². The molecular weight excluding hydrogens is 791 g/mol. The van der Waals surface area contributed by atoms with E-state index in [4.69, 9.17) is 14.1 Å². The van der Waals surface area contributed by atoms with E-state index in [0.29, 0.717) is 11.4 Å². The summed E-state index contributed by atoms with van der Waals surface area (Å²) in [6, 6.07) is 65.7. The predicted molar refractivity (Wildman–Crippen MR) is 269 cm³/mol. The number of hydrogen-bond donors (Lipinski definition) is 1. The molecular formula is C61H49N3O. The second-order valence-corrected chi connectivity index (χ2v) is 18.2. The average Bonchev–Trinajstić information content (AvgIpc) is 3.86. The van der Waals surface area contributed by atoms with Crippen LogP contribution in [0.4, 0.5) is 0 Å². The van der Waals surface area contributed by atoms with Crippen molar-refractivity contribution in [1.29, 1.82) is 0 Å². The van der Waals surface area contributed by atoms with Gasteiger partial charge in [-0.05, 0) is 117 Å². The number of aromatic hydroxyl groups is 1. The molecule has 0 saturated carbocycles. The van der Waals surface area contributed by atoms with E-state index in [1.807, 2.05) is 60.8 Å². The fourth-order valence-electron chi connectivity index (χ4n) is 10.1. The number of pyridine rings is 1. The Balaban J connectivity index is 1.12. The van der Waals surface area contributed by atoms with Gasteiger partial charge in [0.05, 0.1) is 28.0 Å². The highest BCUT2D eigenvalue weighted by Crippen LogP contribution is 2.54. The predicted octanol–water partition coefficient (Wildman–Crippen LogP) is 15.4. The van der Waals surface area contributed by atoms with Crippen molar-refractivity contribution in [3.63, 3.8) is 0 Å². The SMILES string of the molecule is [2H]C([2H])([2H])c1ccc(-n2c(-c3ccccc3O)nc3c(-c4cc(-c5cc(-c6ccc(C(C)(C)c7ccccc7)cc6)ccn5)c5c(c4)-c4ccccc4C5(C)C)cccc32)c(-c2ccccc2)c1. The third kappa shape index (κ3) is 6.68. The van der Waals surface area contributed by atoms with Crippen molar-refractivity contribution in [2.45, 2.75) is 45.4 Å². The molecule has 1 aliphatic carbocycles. The van der Waals surface area contributed by atoms with E-state index in [1.54, 1.807) is 24.3 Å². The van der Waals surface area contributed by atoms with Crippen molar-refractivity contribution < 1.29 is 9.22 Å². The topological polar surface area (TPSA) is 50.9 Å². The monoisotopic (exact) mass is 842 g/mol. The molecule has 2 aromatic heterocycles. The summed E-state index contributed by atoms with van der Waals surface area (Å²) in [5.74, 6) is 0.620. The molecule has 0 spiro atoms. The zero-order valence-corrected chi connectivity index (χ0v) is 36.8. The van der Waals surface area contributed by atoms with Crippen molar-refractivity contribution in [2.75, 3.05) is 0 Å². The van der Waals surface area contributed by atoms with Crippen LogP contribution in [-0.2, 0) is 10.8 Å². The highest BCUT2D eigenvalue weighted by atomic mass is 16.3. The first-order valence-electron chi connectivity index (χ1n) is 23.7. The standard InChI is InChI=1S/C61H49N3O/c1-39-27-32-54(49(35-39)41-17-8-6-9-18-41)64-55-25-16-23-46(58(55)63-59(64)48-22-13-15-26-56(48)65)43-36-50-47-21-12-14-24-52(47)61(4,5)57(50)51(37-43)53-38-42(33-34-62-53)40-28-30-45(31-29-40)60(2,3)44-19-10-7-11-20-44/h6-38,65H,1-5H3/i1D3. The fourth-order valence-corrected chi connectivity index (χ4v) is 10.1. The van der Waals surface area contributed by atoms with Crippen molar-refractivity contribution >= 4 is 11.0 Å². The minimum absolute atomic E-state index is 0.0881. The van der Waals surface area contributed by atoms with Crippen molar-refractivity contribution in [3.05, 3.63) is 228 Å². The highest BCUT2D eigenvalue weighted by molar-refractivity contribution is 6.00. The summed E-state index contributed by atoms with van der Waals surface area (Å²) in [5.41, 5.74) is 17.6. The third-order valence-electron chi connectivity index (χ3n) is 13.6. The van der Waals surface area contributed by atoms with E-state index in [0.717, 1.165) is 66.9 Å². The van der Waals surface area contributed by atoms with Gasteiger partial charge in [-0.15, -0.1) is 0 Å². The van der Waals surface area contributed by atoms with Crippen LogP contribution in [0.15, 0.2) is 200 Å². The molecule has 4 heteroatoms. The first kappa shape index (κ1) is 36.6. The maximum Gasteiger partial charge on any atom is 0.149 e. The van der Waals surface area contributed by atoms with Crippen LogP contribution >= 0.6 is 0 Å². The number of nitrogens with zero attached hydrogens (tertiary/aromatic N) is 3. The van der Waals surface area contributed by atoms with Gasteiger partial charge in [-0.2, -0.15) is 0 Å². The highest BCUT2D eigenvalue weighted by Gasteiger charge is 2.38. The molecule has 0 amide bonds. The molecule has 8 aromatic carbocycles. The lowest BCUT2D eigenvalue weighted by molar-refractivity contribution is 0.477. The number of rotatable bonds is 8. The van der Waals surface area contributed by atoms with Crippen LogP contribution < -0.4 is 0 Å². The number of para-hydroxylation sites is 2. The average molecular weight is 843 g/mol. The van der Waals surface area contributed by atoms with Gasteiger partial charge in [0.15, 0.2) is 0 Å². The van der Waals surface area contributed by atoms with Crippen LogP contribution in [0.5, 0.6) is 5.75 Å². The Hall–Kier alpha value is -7.82. The molecule has 11 rings (SSSR count). The Morgan fingerprint density at radius 2 is 1.22 bits per heavy atom. The van der Waals surface area contributed by atoms with Gasteiger partial charge in [0.1, 0.15) is 11.6 Å². The number of phenols is 1. The Morgan fingerprint density at radius 1 is 0.538 bits per heavy atom. The fraction of sp³-hybridized carbons (Fsp3) is 0.115. The first-order valence-corrected chi connectivity index (χ1v) is 22.2. The Bertz CT molecular complexity index is 3550. The lowest BCUT2D eigenvalue weighted by Crippen LogP contribution is -2.18. The normalized spacial score (nSPS) is 13.8. The number of benzene rings is 8. The molecule has 0 unspecified atom stereocenters. The zero-order valence-electron chi connectivity index (χ0n) is 39.8. The van der Waals surface area contributed by atoms with Crippen LogP contribution in [0, 0.1) is 6.85 Å². The summed E-state index contributed by atoms with van der Waals surface area (Å²) in [5, 5.41) is 11.5. The van der Waals surface area contributed by atoms with Crippen LogP contribution in [0.3, 0.4) is 0 Å². The first-order chi connectivity index (χ1) is 32.8. The number of phenolic OH excluding ortho intramolecular Hbond substituents is 1. The largest absolute Gasteiger partial charge is 0.507 e. The van der Waals surface area contributed by atoms with Gasteiger partial charge in [0.25, 0.3) is 0 Å². The van der Waals surface area contributed by atoms with Crippen molar-refractivity contribution in [1.82, 2.24) is 14.5 Å². The summed E-state index contributed by atoms with van der Waals surface area (Å²) in [6.07, 6.45) is 1.92. The molecule has 0 fully saturated rings. The Morgan fingerprint density at radius 3 is 1.98 bits per heavy atom. The minimum atomic E-state index is -2.32. The number of hydrogen-bond acceptors (Lipinski definition) is 3. The van der Waals surface area contributed by atoms with Crippen LogP contribution in [0.1, 0.15) is 59.6 Å². The molecule has 4 nitrogen and oxygen atoms in total. The molecule has 65 heavy (non-hydrogen) atoms. The van der Waals surface area contributed by atoms with Crippen LogP contribution in [0.25, 0.3) is 83.9 Å². The van der Waals surface area contributed by atoms with Gasteiger partial charge in [0, 0.05) is 37.8 Å². The quantitative estimate of drug-likeness (QED) is 0.166. The minimum Gasteiger partial charge on any atom is -0.507 e. The zero-order chi connectivity index (χ0) is 47.0. The van der Waals surface area contributed by atoms with E-state index in [-0.39, 0.29) is 22.1 Å². The summed E-state index contributed by atoms with van der Waals surface area (Å²) in [4.78, 5) is 10.6. The molecule has 1 aliphatic rings. The van der Waals surface area contributed by atoms with Gasteiger partial charge >= 0.3 is 0 Å². The number of aryl methyl sites for hydroxylation is 1. The van der Waals surface area contributed by atoms with Crippen molar-refractivity contribution in [2.24, 2.45) is 0 Å².